The maximum Gasteiger partial charge on any atom is 0.405 e. The molecule has 0 saturated carbocycles. The predicted molar refractivity (Wildman–Crippen MR) is 68.2 cm³/mol. The number of nitriles is 1. The van der Waals surface area contributed by atoms with E-state index in [-0.39, 0.29) is 5.75 Å². The van der Waals surface area contributed by atoms with Crippen molar-refractivity contribution < 1.29 is 18.0 Å². The Morgan fingerprint density at radius 3 is 2.70 bits per heavy atom. The molecule has 8 heteroatoms. The van der Waals surface area contributed by atoms with Crippen LogP contribution in [0, 0.1) is 25.2 Å². The van der Waals surface area contributed by atoms with Crippen molar-refractivity contribution in [2.45, 2.75) is 25.0 Å². The maximum absolute atomic E-state index is 11.9. The van der Waals surface area contributed by atoms with Crippen LogP contribution < -0.4 is 5.32 Å². The van der Waals surface area contributed by atoms with Crippen LogP contribution in [0.25, 0.3) is 0 Å². The normalized spacial score (nSPS) is 11.0. The van der Waals surface area contributed by atoms with Gasteiger partial charge in [0.05, 0.1) is 11.3 Å². The number of pyridine rings is 1. The predicted octanol–water partition coefficient (Wildman–Crippen LogP) is 2.34. The zero-order valence-corrected chi connectivity index (χ0v) is 11.7. The van der Waals surface area contributed by atoms with Crippen LogP contribution in [-0.2, 0) is 4.79 Å². The van der Waals surface area contributed by atoms with Gasteiger partial charge in [0.15, 0.2) is 0 Å². The molecule has 0 aliphatic carbocycles. The van der Waals surface area contributed by atoms with E-state index in [1.54, 1.807) is 25.2 Å². The number of hydrogen-bond donors (Lipinski definition) is 1. The third-order valence-electron chi connectivity index (χ3n) is 2.25. The van der Waals surface area contributed by atoms with E-state index in [1.807, 2.05) is 6.07 Å². The molecule has 0 radical (unpaired) electrons. The van der Waals surface area contributed by atoms with E-state index < -0.39 is 18.6 Å². The van der Waals surface area contributed by atoms with E-state index in [9.17, 15) is 18.0 Å². The van der Waals surface area contributed by atoms with Crippen LogP contribution in [0.5, 0.6) is 0 Å². The molecule has 4 nitrogen and oxygen atoms in total. The highest BCUT2D eigenvalue weighted by Crippen LogP contribution is 2.23. The third-order valence-corrected chi connectivity index (χ3v) is 3.22. The van der Waals surface area contributed by atoms with Gasteiger partial charge in [-0.25, -0.2) is 4.98 Å². The van der Waals surface area contributed by atoms with Crippen molar-refractivity contribution >= 4 is 17.7 Å². The molecule has 108 valence electrons. The van der Waals surface area contributed by atoms with Gasteiger partial charge in [0.1, 0.15) is 17.6 Å². The van der Waals surface area contributed by atoms with Crippen molar-refractivity contribution in [1.29, 1.82) is 5.26 Å². The van der Waals surface area contributed by atoms with Crippen LogP contribution in [0.4, 0.5) is 13.2 Å². The molecule has 0 aliphatic rings. The molecule has 0 aromatic carbocycles. The van der Waals surface area contributed by atoms with Crippen LogP contribution in [-0.4, -0.2) is 29.4 Å². The number of aryl methyl sites for hydroxylation is 2. The van der Waals surface area contributed by atoms with Gasteiger partial charge < -0.3 is 5.32 Å². The zero-order valence-electron chi connectivity index (χ0n) is 10.8. The van der Waals surface area contributed by atoms with Crippen molar-refractivity contribution in [2.75, 3.05) is 12.3 Å². The molecular formula is C12H12F3N3OS. The number of thioether (sulfide) groups is 1. The summed E-state index contributed by atoms with van der Waals surface area (Å²) in [6.45, 7) is 2.11. The van der Waals surface area contributed by atoms with Crippen molar-refractivity contribution in [3.63, 3.8) is 0 Å². The highest BCUT2D eigenvalue weighted by Gasteiger charge is 2.27. The summed E-state index contributed by atoms with van der Waals surface area (Å²) in [5.41, 5.74) is 1.74. The fourth-order valence-electron chi connectivity index (χ4n) is 1.43. The van der Waals surface area contributed by atoms with Gasteiger partial charge in [-0.05, 0) is 25.5 Å². The van der Waals surface area contributed by atoms with Gasteiger partial charge in [-0.15, -0.1) is 0 Å². The van der Waals surface area contributed by atoms with Gasteiger partial charge in [0.25, 0.3) is 0 Å². The van der Waals surface area contributed by atoms with E-state index in [2.05, 4.69) is 4.98 Å². The highest BCUT2D eigenvalue weighted by atomic mass is 32.2. The molecule has 0 aliphatic heterocycles. The van der Waals surface area contributed by atoms with E-state index in [1.165, 1.54) is 0 Å². The van der Waals surface area contributed by atoms with Crippen LogP contribution >= 0.6 is 11.8 Å². The first-order valence-electron chi connectivity index (χ1n) is 5.57. The Kier molecular flexibility index (Phi) is 5.39. The minimum absolute atomic E-state index is 0.222. The summed E-state index contributed by atoms with van der Waals surface area (Å²) < 4.78 is 35.8. The Bertz CT molecular complexity index is 552. The smallest absolute Gasteiger partial charge is 0.346 e. The van der Waals surface area contributed by atoms with Crippen LogP contribution in [0.1, 0.15) is 16.8 Å². The molecule has 1 rings (SSSR count). The number of carbonyl (C=O) groups is 1. The second-order valence-corrected chi connectivity index (χ2v) is 5.02. The maximum atomic E-state index is 11.9. The SMILES string of the molecule is Cc1cc(C)c(C#N)c(SCC(=O)NCC(F)(F)F)n1. The van der Waals surface area contributed by atoms with Crippen LogP contribution in [0.2, 0.25) is 0 Å². The van der Waals surface area contributed by atoms with Gasteiger partial charge in [0.2, 0.25) is 5.91 Å². The van der Waals surface area contributed by atoms with Crippen LogP contribution in [0.3, 0.4) is 0 Å². The number of halogens is 3. The standard InChI is InChI=1S/C12H12F3N3OS/c1-7-3-8(2)18-11(9(7)4-16)20-5-10(19)17-6-12(13,14)15/h3H,5-6H2,1-2H3,(H,17,19). The van der Waals surface area contributed by atoms with Crippen molar-refractivity contribution in [1.82, 2.24) is 10.3 Å². The highest BCUT2D eigenvalue weighted by molar-refractivity contribution is 8.00. The van der Waals surface area contributed by atoms with Gasteiger partial charge in [-0.2, -0.15) is 18.4 Å². The molecule has 0 unspecified atom stereocenters. The number of amides is 1. The summed E-state index contributed by atoms with van der Waals surface area (Å²) in [5, 5.41) is 11.1. The molecule has 0 bridgehead atoms. The summed E-state index contributed by atoms with van der Waals surface area (Å²) in [6, 6.07) is 3.70. The molecule has 1 aromatic rings. The lowest BCUT2D eigenvalue weighted by Crippen LogP contribution is -2.34. The quantitative estimate of drug-likeness (QED) is 0.867. The second kappa shape index (κ2) is 6.61. The summed E-state index contributed by atoms with van der Waals surface area (Å²) in [4.78, 5) is 15.4. The Hall–Kier alpha value is -1.75. The number of rotatable bonds is 4. The molecule has 0 atom stereocenters. The third kappa shape index (κ3) is 5.09. The first-order valence-corrected chi connectivity index (χ1v) is 6.56. The molecular weight excluding hydrogens is 291 g/mol. The molecule has 1 aromatic heterocycles. The summed E-state index contributed by atoms with van der Waals surface area (Å²) >= 11 is 0.946. The average molecular weight is 303 g/mol. The lowest BCUT2D eigenvalue weighted by atomic mass is 10.1. The lowest BCUT2D eigenvalue weighted by Gasteiger charge is -2.09. The topological polar surface area (TPSA) is 65.8 Å². The fraction of sp³-hybridized carbons (Fsp3) is 0.417. The molecule has 0 fully saturated rings. The second-order valence-electron chi connectivity index (χ2n) is 4.05. The summed E-state index contributed by atoms with van der Waals surface area (Å²) in [6.07, 6.45) is -4.43. The average Bonchev–Trinajstić information content (AvgIpc) is 2.32. The summed E-state index contributed by atoms with van der Waals surface area (Å²) in [5.74, 6) is -0.974. The first kappa shape index (κ1) is 16.3. The van der Waals surface area contributed by atoms with E-state index in [0.717, 1.165) is 17.3 Å². The zero-order chi connectivity index (χ0) is 15.3. The van der Waals surface area contributed by atoms with Gasteiger partial charge >= 0.3 is 6.18 Å². The number of carbonyl (C=O) groups excluding carboxylic acids is 1. The Labute approximate surface area is 118 Å². The molecule has 0 spiro atoms. The lowest BCUT2D eigenvalue weighted by molar-refractivity contribution is -0.136. The van der Waals surface area contributed by atoms with Crippen LogP contribution in [0.15, 0.2) is 11.1 Å². The van der Waals surface area contributed by atoms with Crippen molar-refractivity contribution in [2.24, 2.45) is 0 Å². The van der Waals surface area contributed by atoms with E-state index in [0.29, 0.717) is 16.3 Å². The molecule has 1 heterocycles. The Morgan fingerprint density at radius 1 is 1.50 bits per heavy atom. The molecule has 1 amide bonds. The van der Waals surface area contributed by atoms with Crippen molar-refractivity contribution in [3.05, 3.63) is 22.9 Å². The molecule has 0 saturated heterocycles. The Balaban J connectivity index is 2.67. The molecule has 1 N–H and O–H groups in total. The number of aromatic nitrogens is 1. The minimum Gasteiger partial charge on any atom is -0.346 e. The summed E-state index contributed by atoms with van der Waals surface area (Å²) in [7, 11) is 0. The Morgan fingerprint density at radius 2 is 2.15 bits per heavy atom. The van der Waals surface area contributed by atoms with Gasteiger partial charge in [-0.1, -0.05) is 11.8 Å². The monoisotopic (exact) mass is 303 g/mol. The van der Waals surface area contributed by atoms with Gasteiger partial charge in [-0.3, -0.25) is 4.79 Å². The van der Waals surface area contributed by atoms with Gasteiger partial charge in [0, 0.05) is 5.69 Å². The largest absolute Gasteiger partial charge is 0.405 e. The number of hydrogen-bond acceptors (Lipinski definition) is 4. The number of nitrogens with one attached hydrogen (secondary N) is 1. The number of nitrogens with zero attached hydrogens (tertiary/aromatic N) is 2. The minimum atomic E-state index is -4.43. The van der Waals surface area contributed by atoms with E-state index in [4.69, 9.17) is 5.26 Å². The van der Waals surface area contributed by atoms with E-state index >= 15 is 0 Å². The molecule has 20 heavy (non-hydrogen) atoms. The fourth-order valence-corrected chi connectivity index (χ4v) is 2.36. The number of alkyl halides is 3. The first-order chi connectivity index (χ1) is 9.23. The van der Waals surface area contributed by atoms with Crippen molar-refractivity contribution in [3.8, 4) is 6.07 Å².